The van der Waals surface area contributed by atoms with Gasteiger partial charge in [0.25, 0.3) is 0 Å². The van der Waals surface area contributed by atoms with Crippen molar-refractivity contribution in [2.75, 3.05) is 19.0 Å². The molecule has 3 aromatic carbocycles. The quantitative estimate of drug-likeness (QED) is 0.227. The number of anilines is 1. The molecular formula is C22H19N3O2. The number of aromatic nitrogens is 1. The van der Waals surface area contributed by atoms with E-state index in [9.17, 15) is 5.21 Å². The Morgan fingerprint density at radius 3 is 2.30 bits per heavy atom. The van der Waals surface area contributed by atoms with E-state index in [1.807, 2.05) is 91.8 Å². The number of fused-ring (bicyclic) bond motifs is 1. The van der Waals surface area contributed by atoms with Crippen LogP contribution in [-0.2, 0) is 0 Å². The van der Waals surface area contributed by atoms with E-state index in [1.165, 1.54) is 0 Å². The third kappa shape index (κ3) is 3.53. The van der Waals surface area contributed by atoms with Crippen molar-refractivity contribution in [3.63, 3.8) is 0 Å². The molecule has 0 radical (unpaired) electrons. The van der Waals surface area contributed by atoms with E-state index in [2.05, 4.69) is 4.98 Å². The first-order valence-corrected chi connectivity index (χ1v) is 8.65. The maximum atomic E-state index is 12.4. The lowest BCUT2D eigenvalue weighted by atomic mass is 10.1. The monoisotopic (exact) mass is 357 g/mol. The molecule has 1 aromatic heterocycles. The standard InChI is InChI=1S/C22H19N3O2/c1-24(2)18-11-13-19(14-12-18)25(26)15-16-7-9-17(10-8-16)22-23-20-5-3-4-6-21(20)27-22/h3-15H,1-2H3/b25-15-. The first-order valence-electron chi connectivity index (χ1n) is 8.65. The maximum Gasteiger partial charge on any atom is 0.227 e. The van der Waals surface area contributed by atoms with E-state index >= 15 is 0 Å². The fourth-order valence-corrected chi connectivity index (χ4v) is 2.82. The van der Waals surface area contributed by atoms with Gasteiger partial charge in [0.2, 0.25) is 11.6 Å². The second-order valence-electron chi connectivity index (χ2n) is 6.47. The van der Waals surface area contributed by atoms with Crippen LogP contribution in [0.4, 0.5) is 11.4 Å². The van der Waals surface area contributed by atoms with E-state index in [4.69, 9.17) is 4.42 Å². The Morgan fingerprint density at radius 1 is 0.926 bits per heavy atom. The number of benzene rings is 3. The van der Waals surface area contributed by atoms with Gasteiger partial charge in [-0.25, -0.2) is 4.98 Å². The van der Waals surface area contributed by atoms with Gasteiger partial charge in [-0.2, -0.15) is 4.74 Å². The van der Waals surface area contributed by atoms with Crippen molar-refractivity contribution in [3.8, 4) is 11.5 Å². The van der Waals surface area contributed by atoms with Crippen LogP contribution in [-0.4, -0.2) is 30.0 Å². The molecule has 0 saturated heterocycles. The van der Waals surface area contributed by atoms with Crippen molar-refractivity contribution < 1.29 is 9.16 Å². The Labute approximate surface area is 157 Å². The molecule has 0 bridgehead atoms. The predicted octanol–water partition coefficient (Wildman–Crippen LogP) is 4.82. The average molecular weight is 357 g/mol. The minimum absolute atomic E-state index is 0.570. The zero-order chi connectivity index (χ0) is 18.8. The minimum atomic E-state index is 0.570. The predicted molar refractivity (Wildman–Crippen MR) is 109 cm³/mol. The summed E-state index contributed by atoms with van der Waals surface area (Å²) in [6.45, 7) is 0. The molecule has 0 N–H and O–H groups in total. The van der Waals surface area contributed by atoms with Gasteiger partial charge < -0.3 is 14.5 Å². The molecule has 4 rings (SSSR count). The molecule has 134 valence electrons. The van der Waals surface area contributed by atoms with Crippen LogP contribution in [0.3, 0.4) is 0 Å². The smallest absolute Gasteiger partial charge is 0.227 e. The highest BCUT2D eigenvalue weighted by molar-refractivity contribution is 5.79. The van der Waals surface area contributed by atoms with Crippen LogP contribution < -0.4 is 4.90 Å². The number of hydrogen-bond donors (Lipinski definition) is 0. The van der Waals surface area contributed by atoms with E-state index in [-0.39, 0.29) is 0 Å². The Balaban J connectivity index is 1.57. The number of oxazole rings is 1. The summed E-state index contributed by atoms with van der Waals surface area (Å²) in [6.07, 6.45) is 1.56. The van der Waals surface area contributed by atoms with Crippen molar-refractivity contribution in [2.45, 2.75) is 0 Å². The van der Waals surface area contributed by atoms with Crippen molar-refractivity contribution in [1.82, 2.24) is 4.98 Å². The Kier molecular flexibility index (Phi) is 4.34. The molecule has 0 aliphatic heterocycles. The summed E-state index contributed by atoms with van der Waals surface area (Å²) in [5, 5.41) is 12.4. The van der Waals surface area contributed by atoms with Crippen LogP contribution >= 0.6 is 0 Å². The zero-order valence-corrected chi connectivity index (χ0v) is 15.2. The summed E-state index contributed by atoms with van der Waals surface area (Å²) in [6, 6.07) is 22.7. The van der Waals surface area contributed by atoms with Crippen LogP contribution in [0.25, 0.3) is 22.6 Å². The highest BCUT2D eigenvalue weighted by atomic mass is 16.5. The molecule has 0 aliphatic rings. The lowest BCUT2D eigenvalue weighted by Gasteiger charge is -2.12. The van der Waals surface area contributed by atoms with Gasteiger partial charge in [-0.15, -0.1) is 0 Å². The molecule has 0 atom stereocenters. The Morgan fingerprint density at radius 2 is 1.63 bits per heavy atom. The minimum Gasteiger partial charge on any atom is -0.618 e. The summed E-state index contributed by atoms with van der Waals surface area (Å²) in [7, 11) is 3.93. The van der Waals surface area contributed by atoms with Crippen LogP contribution in [0.2, 0.25) is 0 Å². The zero-order valence-electron chi connectivity index (χ0n) is 15.2. The number of hydrogen-bond acceptors (Lipinski definition) is 4. The Hall–Kier alpha value is -3.60. The fraction of sp³-hybridized carbons (Fsp3) is 0.0909. The van der Waals surface area contributed by atoms with E-state index in [1.54, 1.807) is 6.21 Å². The highest BCUT2D eigenvalue weighted by Crippen LogP contribution is 2.24. The van der Waals surface area contributed by atoms with Gasteiger partial charge >= 0.3 is 0 Å². The maximum absolute atomic E-state index is 12.4. The first-order chi connectivity index (χ1) is 13.1. The molecule has 0 spiro atoms. The summed E-state index contributed by atoms with van der Waals surface area (Å²) >= 11 is 0. The van der Waals surface area contributed by atoms with E-state index in [0.717, 1.165) is 32.7 Å². The topological polar surface area (TPSA) is 55.3 Å². The largest absolute Gasteiger partial charge is 0.618 e. The van der Waals surface area contributed by atoms with Gasteiger partial charge in [-0.3, -0.25) is 0 Å². The fourth-order valence-electron chi connectivity index (χ4n) is 2.82. The van der Waals surface area contributed by atoms with Crippen molar-refractivity contribution >= 4 is 28.7 Å². The molecule has 4 aromatic rings. The molecular weight excluding hydrogens is 338 g/mol. The van der Waals surface area contributed by atoms with Gasteiger partial charge in [-0.05, 0) is 48.5 Å². The second kappa shape index (κ2) is 6.96. The summed E-state index contributed by atoms with van der Waals surface area (Å²) in [5.74, 6) is 0.570. The van der Waals surface area contributed by atoms with Crippen molar-refractivity contribution in [3.05, 3.63) is 83.6 Å². The normalized spacial score (nSPS) is 11.7. The molecule has 5 nitrogen and oxygen atoms in total. The first kappa shape index (κ1) is 16.8. The average Bonchev–Trinajstić information content (AvgIpc) is 3.13. The van der Waals surface area contributed by atoms with Crippen LogP contribution in [0.15, 0.2) is 77.2 Å². The molecule has 0 unspecified atom stereocenters. The molecule has 0 saturated carbocycles. The van der Waals surface area contributed by atoms with Crippen molar-refractivity contribution in [1.29, 1.82) is 0 Å². The number of rotatable bonds is 4. The second-order valence-corrected chi connectivity index (χ2v) is 6.47. The Bertz CT molecular complexity index is 1060. The third-order valence-electron chi connectivity index (χ3n) is 4.34. The van der Waals surface area contributed by atoms with Gasteiger partial charge in [0.1, 0.15) is 5.52 Å². The molecule has 0 amide bonds. The van der Waals surface area contributed by atoms with Crippen LogP contribution in [0, 0.1) is 5.21 Å². The van der Waals surface area contributed by atoms with E-state index in [0.29, 0.717) is 11.6 Å². The summed E-state index contributed by atoms with van der Waals surface area (Å²) in [4.78, 5) is 6.48. The lowest BCUT2D eigenvalue weighted by molar-refractivity contribution is -0.354. The van der Waals surface area contributed by atoms with Crippen LogP contribution in [0.1, 0.15) is 5.56 Å². The van der Waals surface area contributed by atoms with Gasteiger partial charge in [0, 0.05) is 43.0 Å². The van der Waals surface area contributed by atoms with Gasteiger partial charge in [0.15, 0.2) is 11.8 Å². The number of nitrogens with zero attached hydrogens (tertiary/aromatic N) is 3. The van der Waals surface area contributed by atoms with Gasteiger partial charge in [0.05, 0.1) is 0 Å². The van der Waals surface area contributed by atoms with Crippen LogP contribution in [0.5, 0.6) is 0 Å². The van der Waals surface area contributed by atoms with Crippen molar-refractivity contribution in [2.24, 2.45) is 0 Å². The third-order valence-corrected chi connectivity index (χ3v) is 4.34. The number of para-hydroxylation sites is 2. The molecule has 5 heteroatoms. The summed E-state index contributed by atoms with van der Waals surface area (Å²) < 4.78 is 6.65. The molecule has 1 heterocycles. The van der Waals surface area contributed by atoms with Gasteiger partial charge in [-0.1, -0.05) is 12.1 Å². The summed E-state index contributed by atoms with van der Waals surface area (Å²) in [5.41, 5.74) is 4.90. The molecule has 0 aliphatic carbocycles. The lowest BCUT2D eigenvalue weighted by Crippen LogP contribution is -2.08. The van der Waals surface area contributed by atoms with E-state index < -0.39 is 0 Å². The molecule has 0 fully saturated rings. The SMILES string of the molecule is CN(C)c1ccc(/[N+]([O-])=C/c2ccc(-c3nc4ccccc4o3)cc2)cc1. The molecule has 27 heavy (non-hydrogen) atoms. The highest BCUT2D eigenvalue weighted by Gasteiger charge is 2.08.